The maximum Gasteiger partial charge on any atom is 0.407 e. The van der Waals surface area contributed by atoms with Gasteiger partial charge >= 0.3 is 6.09 Å². The van der Waals surface area contributed by atoms with Gasteiger partial charge < -0.3 is 15.2 Å². The average molecular weight is 404 g/mol. The number of ether oxygens (including phenoxy) is 1. The van der Waals surface area contributed by atoms with Crippen LogP contribution in [0.25, 0.3) is 11.1 Å². The highest BCUT2D eigenvalue weighted by Gasteiger charge is 2.57. The topological polar surface area (TPSA) is 58.6 Å². The van der Waals surface area contributed by atoms with E-state index in [1.165, 1.54) is 41.5 Å². The molecule has 4 heteroatoms. The van der Waals surface area contributed by atoms with Crippen molar-refractivity contribution < 1.29 is 14.6 Å². The second-order valence-corrected chi connectivity index (χ2v) is 10.0. The number of hydrogen-bond donors (Lipinski definition) is 2. The number of amides is 1. The summed E-state index contributed by atoms with van der Waals surface area (Å²) in [6.07, 6.45) is 5.40. The fourth-order valence-electron chi connectivity index (χ4n) is 7.50. The van der Waals surface area contributed by atoms with Gasteiger partial charge in [0.05, 0.1) is 0 Å². The summed E-state index contributed by atoms with van der Waals surface area (Å²) in [5.41, 5.74) is 4.67. The lowest BCUT2D eigenvalue weighted by molar-refractivity contribution is -0.0889. The van der Waals surface area contributed by atoms with Crippen LogP contribution in [0.4, 0.5) is 4.79 Å². The summed E-state index contributed by atoms with van der Waals surface area (Å²) in [4.78, 5) is 13.0. The van der Waals surface area contributed by atoms with Gasteiger partial charge in [-0.2, -0.15) is 0 Å². The van der Waals surface area contributed by atoms with Crippen LogP contribution >= 0.6 is 0 Å². The maximum absolute atomic E-state index is 13.0. The van der Waals surface area contributed by atoms with E-state index < -0.39 is 0 Å². The highest BCUT2D eigenvalue weighted by atomic mass is 16.5. The van der Waals surface area contributed by atoms with E-state index in [0.717, 1.165) is 12.8 Å². The van der Waals surface area contributed by atoms with Crippen LogP contribution in [0.1, 0.15) is 49.1 Å². The third kappa shape index (κ3) is 2.73. The fourth-order valence-corrected chi connectivity index (χ4v) is 7.50. The second kappa shape index (κ2) is 6.84. The summed E-state index contributed by atoms with van der Waals surface area (Å²) in [6.45, 7) is 0.504. The predicted molar refractivity (Wildman–Crippen MR) is 115 cm³/mol. The number of rotatable bonds is 4. The van der Waals surface area contributed by atoms with E-state index in [1.807, 2.05) is 0 Å². The number of aliphatic hydroxyl groups excluding tert-OH is 1. The van der Waals surface area contributed by atoms with Crippen LogP contribution < -0.4 is 5.32 Å². The highest BCUT2D eigenvalue weighted by molar-refractivity contribution is 5.79. The molecule has 4 saturated carbocycles. The molecule has 4 bridgehead atoms. The van der Waals surface area contributed by atoms with Crippen molar-refractivity contribution in [2.75, 3.05) is 13.2 Å². The molecule has 2 aromatic rings. The first-order chi connectivity index (χ1) is 14.7. The van der Waals surface area contributed by atoms with Gasteiger partial charge in [-0.05, 0) is 72.1 Å². The summed E-state index contributed by atoms with van der Waals surface area (Å²) in [6, 6.07) is 16.8. The molecule has 3 atom stereocenters. The van der Waals surface area contributed by atoms with Gasteiger partial charge in [-0.3, -0.25) is 0 Å². The van der Waals surface area contributed by atoms with Crippen molar-refractivity contribution >= 4 is 6.09 Å². The van der Waals surface area contributed by atoms with Crippen molar-refractivity contribution in [3.63, 3.8) is 0 Å². The predicted octanol–water partition coefficient (Wildman–Crippen LogP) is 4.71. The van der Waals surface area contributed by atoms with E-state index in [1.54, 1.807) is 0 Å². The van der Waals surface area contributed by atoms with Gasteiger partial charge in [0, 0.05) is 24.0 Å². The van der Waals surface area contributed by atoms with Crippen molar-refractivity contribution in [2.45, 2.75) is 43.6 Å². The van der Waals surface area contributed by atoms with Gasteiger partial charge in [-0.15, -0.1) is 0 Å². The first-order valence-corrected chi connectivity index (χ1v) is 11.4. The second-order valence-electron chi connectivity index (χ2n) is 10.0. The number of carbonyl (C=O) groups is 1. The Morgan fingerprint density at radius 1 is 0.967 bits per heavy atom. The van der Waals surface area contributed by atoms with Gasteiger partial charge in [0.1, 0.15) is 6.61 Å². The molecule has 2 aromatic carbocycles. The van der Waals surface area contributed by atoms with Crippen LogP contribution in [-0.2, 0) is 4.74 Å². The Morgan fingerprint density at radius 3 is 2.17 bits per heavy atom. The van der Waals surface area contributed by atoms with E-state index in [2.05, 4.69) is 53.8 Å². The van der Waals surface area contributed by atoms with Crippen molar-refractivity contribution in [3.05, 3.63) is 59.7 Å². The number of fused-ring (bicyclic) bond motifs is 3. The summed E-state index contributed by atoms with van der Waals surface area (Å²) in [5, 5.41) is 13.4. The summed E-state index contributed by atoms with van der Waals surface area (Å²) in [5.74, 6) is 2.19. The Morgan fingerprint density at radius 2 is 1.57 bits per heavy atom. The molecule has 1 amide bonds. The minimum Gasteiger partial charge on any atom is -0.449 e. The van der Waals surface area contributed by atoms with E-state index in [0.29, 0.717) is 24.4 Å². The number of hydrogen-bond acceptors (Lipinski definition) is 3. The van der Waals surface area contributed by atoms with Crippen LogP contribution in [0.5, 0.6) is 0 Å². The molecule has 0 spiro atoms. The largest absolute Gasteiger partial charge is 0.449 e. The van der Waals surface area contributed by atoms with Gasteiger partial charge in [0.15, 0.2) is 0 Å². The Kier molecular flexibility index (Phi) is 4.21. The minimum atomic E-state index is -0.322. The minimum absolute atomic E-state index is 0.0770. The molecule has 156 valence electrons. The molecule has 0 aromatic heterocycles. The quantitative estimate of drug-likeness (QED) is 0.777. The molecule has 0 radical (unpaired) electrons. The Bertz CT molecular complexity index is 926. The van der Waals surface area contributed by atoms with Crippen LogP contribution in [0.3, 0.4) is 0 Å². The zero-order valence-corrected chi connectivity index (χ0v) is 17.2. The van der Waals surface area contributed by atoms with E-state index in [9.17, 15) is 9.90 Å². The molecule has 30 heavy (non-hydrogen) atoms. The summed E-state index contributed by atoms with van der Waals surface area (Å²) < 4.78 is 5.84. The number of aliphatic hydroxyl groups is 1. The lowest BCUT2D eigenvalue weighted by Gasteiger charge is -2.60. The average Bonchev–Trinajstić information content (AvgIpc) is 3.05. The van der Waals surface area contributed by atoms with E-state index in [-0.39, 0.29) is 30.1 Å². The normalized spacial score (nSPS) is 33.2. The Hall–Kier alpha value is -2.33. The highest BCUT2D eigenvalue weighted by Crippen LogP contribution is 2.58. The summed E-state index contributed by atoms with van der Waals surface area (Å²) >= 11 is 0. The first kappa shape index (κ1) is 18.4. The van der Waals surface area contributed by atoms with Crippen LogP contribution in [0.2, 0.25) is 0 Å². The molecule has 7 rings (SSSR count). The van der Waals surface area contributed by atoms with Gasteiger partial charge in [-0.1, -0.05) is 48.5 Å². The van der Waals surface area contributed by atoms with Gasteiger partial charge in [-0.25, -0.2) is 4.79 Å². The first-order valence-electron chi connectivity index (χ1n) is 11.4. The van der Waals surface area contributed by atoms with Crippen molar-refractivity contribution in [1.29, 1.82) is 0 Å². The molecule has 0 heterocycles. The zero-order chi connectivity index (χ0) is 20.3. The molecular formula is C26H29NO3. The molecule has 4 fully saturated rings. The zero-order valence-electron chi connectivity index (χ0n) is 17.2. The molecular weight excluding hydrogens is 374 g/mol. The molecule has 3 unspecified atom stereocenters. The summed E-state index contributed by atoms with van der Waals surface area (Å²) in [7, 11) is 0. The van der Waals surface area contributed by atoms with Gasteiger partial charge in [0.2, 0.25) is 0 Å². The molecule has 4 nitrogen and oxygen atoms in total. The lowest BCUT2D eigenvalue weighted by atomic mass is 9.48. The fraction of sp³-hybridized carbons (Fsp3) is 0.500. The molecule has 0 saturated heterocycles. The monoisotopic (exact) mass is 403 g/mol. The Labute approximate surface area is 177 Å². The maximum atomic E-state index is 13.0. The van der Waals surface area contributed by atoms with E-state index >= 15 is 0 Å². The van der Waals surface area contributed by atoms with Crippen molar-refractivity contribution in [3.8, 4) is 11.1 Å². The Balaban J connectivity index is 1.20. The van der Waals surface area contributed by atoms with Crippen molar-refractivity contribution in [2.24, 2.45) is 23.7 Å². The smallest absolute Gasteiger partial charge is 0.407 e. The van der Waals surface area contributed by atoms with Crippen LogP contribution in [0, 0.1) is 23.7 Å². The van der Waals surface area contributed by atoms with Crippen LogP contribution in [0.15, 0.2) is 48.5 Å². The number of nitrogens with one attached hydrogen (secondary N) is 1. The number of benzene rings is 2. The lowest BCUT2D eigenvalue weighted by Crippen LogP contribution is -2.66. The molecule has 5 aliphatic rings. The van der Waals surface area contributed by atoms with E-state index in [4.69, 9.17) is 4.74 Å². The molecule has 2 N–H and O–H groups in total. The molecule has 0 aliphatic heterocycles. The SMILES string of the molecule is O=C(NC12CC3CC(CC(C3)C1CO)C2)OCC1c2ccccc2-c2ccccc21. The van der Waals surface area contributed by atoms with Crippen molar-refractivity contribution in [1.82, 2.24) is 5.32 Å². The third-order valence-electron chi connectivity index (χ3n) is 8.41. The number of alkyl carbamates (subject to hydrolysis) is 1. The van der Waals surface area contributed by atoms with Crippen LogP contribution in [-0.4, -0.2) is 30.0 Å². The van der Waals surface area contributed by atoms with Gasteiger partial charge in [0.25, 0.3) is 0 Å². The third-order valence-corrected chi connectivity index (χ3v) is 8.41. The standard InChI is InChI=1S/C26H29NO3/c28-14-24-18-10-16-9-17(11-18)13-26(24,12-16)27-25(29)30-15-23-21-7-3-1-5-19(21)20-6-2-4-8-22(20)23/h1-8,16-18,23-24,28H,9-15H2,(H,27,29). The molecule has 5 aliphatic carbocycles. The number of carbonyl (C=O) groups excluding carboxylic acids is 1.